The van der Waals surface area contributed by atoms with Crippen LogP contribution in [-0.2, 0) is 5.75 Å². The summed E-state index contributed by atoms with van der Waals surface area (Å²) in [4.78, 5) is 28.2. The number of nitro benzene ring substituents is 1. The van der Waals surface area contributed by atoms with E-state index in [4.69, 9.17) is 0 Å². The molecular weight excluding hydrogens is 280 g/mol. The van der Waals surface area contributed by atoms with Crippen molar-refractivity contribution in [3.63, 3.8) is 0 Å². The molecular formula is C12H12N4O3S. The summed E-state index contributed by atoms with van der Waals surface area (Å²) in [5.74, 6) is 0.555. The van der Waals surface area contributed by atoms with Crippen LogP contribution in [0.15, 0.2) is 40.4 Å². The number of nitro groups is 1. The molecule has 0 saturated carbocycles. The van der Waals surface area contributed by atoms with Gasteiger partial charge in [0, 0.05) is 31.1 Å². The standard InChI is InChI=1S/C12H12N4O3S/c1-13-9-6-8(2-3-10(9)16(18)19)7-20-12-14-5-4-11(17)15-12/h2-6,13H,7H2,1H3,(H,14,15,17). The average molecular weight is 292 g/mol. The zero-order valence-electron chi connectivity index (χ0n) is 10.6. The molecule has 0 unspecified atom stereocenters. The number of aromatic amines is 1. The zero-order chi connectivity index (χ0) is 14.5. The van der Waals surface area contributed by atoms with E-state index in [1.54, 1.807) is 19.2 Å². The van der Waals surface area contributed by atoms with E-state index in [9.17, 15) is 14.9 Å². The van der Waals surface area contributed by atoms with Gasteiger partial charge in [0.1, 0.15) is 5.69 Å². The Morgan fingerprint density at radius 1 is 1.45 bits per heavy atom. The Labute approximate surface area is 118 Å². The summed E-state index contributed by atoms with van der Waals surface area (Å²) in [6, 6.07) is 6.21. The van der Waals surface area contributed by atoms with Crippen LogP contribution in [0.3, 0.4) is 0 Å². The lowest BCUT2D eigenvalue weighted by Gasteiger charge is -2.05. The predicted octanol–water partition coefficient (Wildman–Crippen LogP) is 2.01. The van der Waals surface area contributed by atoms with E-state index < -0.39 is 4.92 Å². The Hall–Kier alpha value is -2.35. The molecule has 0 radical (unpaired) electrons. The van der Waals surface area contributed by atoms with Crippen LogP contribution >= 0.6 is 11.8 Å². The van der Waals surface area contributed by atoms with Crippen LogP contribution in [0.5, 0.6) is 0 Å². The molecule has 1 aromatic heterocycles. The molecule has 8 heteroatoms. The Morgan fingerprint density at radius 3 is 2.90 bits per heavy atom. The van der Waals surface area contributed by atoms with Gasteiger partial charge in [-0.05, 0) is 11.6 Å². The van der Waals surface area contributed by atoms with Gasteiger partial charge in [0.15, 0.2) is 5.16 Å². The molecule has 20 heavy (non-hydrogen) atoms. The molecule has 1 heterocycles. The molecule has 0 aliphatic rings. The second-order valence-corrected chi connectivity index (χ2v) is 4.85. The maximum absolute atomic E-state index is 11.1. The lowest BCUT2D eigenvalue weighted by atomic mass is 10.2. The van der Waals surface area contributed by atoms with Crippen molar-refractivity contribution in [2.75, 3.05) is 12.4 Å². The number of hydrogen-bond acceptors (Lipinski definition) is 6. The molecule has 0 aliphatic carbocycles. The van der Waals surface area contributed by atoms with Crippen molar-refractivity contribution >= 4 is 23.1 Å². The fraction of sp³-hybridized carbons (Fsp3) is 0.167. The normalized spacial score (nSPS) is 10.2. The smallest absolute Gasteiger partial charge is 0.292 e. The van der Waals surface area contributed by atoms with E-state index in [1.165, 1.54) is 30.1 Å². The molecule has 0 spiro atoms. The van der Waals surface area contributed by atoms with E-state index in [0.29, 0.717) is 16.6 Å². The highest BCUT2D eigenvalue weighted by atomic mass is 32.2. The van der Waals surface area contributed by atoms with E-state index in [2.05, 4.69) is 15.3 Å². The predicted molar refractivity (Wildman–Crippen MR) is 77.1 cm³/mol. The Balaban J connectivity index is 2.14. The topological polar surface area (TPSA) is 101 Å². The monoisotopic (exact) mass is 292 g/mol. The van der Waals surface area contributed by atoms with Crippen molar-refractivity contribution in [3.05, 3.63) is 56.5 Å². The minimum Gasteiger partial charge on any atom is -0.383 e. The Morgan fingerprint density at radius 2 is 2.25 bits per heavy atom. The largest absolute Gasteiger partial charge is 0.383 e. The van der Waals surface area contributed by atoms with Crippen molar-refractivity contribution in [2.45, 2.75) is 10.9 Å². The quantitative estimate of drug-likeness (QED) is 0.378. The molecule has 2 N–H and O–H groups in total. The lowest BCUT2D eigenvalue weighted by molar-refractivity contribution is -0.383. The van der Waals surface area contributed by atoms with Crippen molar-refractivity contribution in [1.82, 2.24) is 9.97 Å². The third kappa shape index (κ3) is 3.35. The number of benzene rings is 1. The number of H-pyrrole nitrogens is 1. The first-order chi connectivity index (χ1) is 9.60. The van der Waals surface area contributed by atoms with Gasteiger partial charge in [-0.25, -0.2) is 4.98 Å². The highest BCUT2D eigenvalue weighted by Crippen LogP contribution is 2.27. The van der Waals surface area contributed by atoms with Gasteiger partial charge in [0.05, 0.1) is 4.92 Å². The summed E-state index contributed by atoms with van der Waals surface area (Å²) in [5.41, 5.74) is 1.19. The summed E-state index contributed by atoms with van der Waals surface area (Å²) in [5, 5.41) is 14.1. The van der Waals surface area contributed by atoms with E-state index in [-0.39, 0.29) is 11.2 Å². The van der Waals surface area contributed by atoms with Gasteiger partial charge in [0.2, 0.25) is 0 Å². The van der Waals surface area contributed by atoms with Gasteiger partial charge >= 0.3 is 0 Å². The SMILES string of the molecule is CNc1cc(CSc2nccc(=O)[nH]2)ccc1[N+](=O)[O-]. The molecule has 0 bridgehead atoms. The molecule has 0 aliphatic heterocycles. The van der Waals surface area contributed by atoms with Crippen molar-refractivity contribution in [1.29, 1.82) is 0 Å². The molecule has 0 fully saturated rings. The van der Waals surface area contributed by atoms with Crippen LogP contribution in [-0.4, -0.2) is 21.9 Å². The summed E-state index contributed by atoms with van der Waals surface area (Å²) < 4.78 is 0. The van der Waals surface area contributed by atoms with E-state index in [0.717, 1.165) is 5.56 Å². The molecule has 0 amide bonds. The highest BCUT2D eigenvalue weighted by Gasteiger charge is 2.12. The van der Waals surface area contributed by atoms with Crippen molar-refractivity contribution < 1.29 is 4.92 Å². The van der Waals surface area contributed by atoms with Crippen LogP contribution in [0, 0.1) is 10.1 Å². The van der Waals surface area contributed by atoms with Gasteiger partial charge < -0.3 is 10.3 Å². The first-order valence-electron chi connectivity index (χ1n) is 5.73. The second kappa shape index (κ2) is 6.20. The number of nitrogens with zero attached hydrogens (tertiary/aromatic N) is 2. The summed E-state index contributed by atoms with van der Waals surface area (Å²) in [6.45, 7) is 0. The zero-order valence-corrected chi connectivity index (χ0v) is 11.4. The summed E-state index contributed by atoms with van der Waals surface area (Å²) in [7, 11) is 1.63. The van der Waals surface area contributed by atoms with Crippen LogP contribution in [0.4, 0.5) is 11.4 Å². The van der Waals surface area contributed by atoms with Gasteiger partial charge in [-0.1, -0.05) is 17.8 Å². The molecule has 104 valence electrons. The van der Waals surface area contributed by atoms with Crippen molar-refractivity contribution in [2.24, 2.45) is 0 Å². The average Bonchev–Trinajstić information content (AvgIpc) is 2.44. The fourth-order valence-corrected chi connectivity index (χ4v) is 2.40. The molecule has 2 rings (SSSR count). The van der Waals surface area contributed by atoms with Crippen LogP contribution in [0.25, 0.3) is 0 Å². The number of nitrogens with one attached hydrogen (secondary N) is 2. The Bertz CT molecular complexity index is 686. The van der Waals surface area contributed by atoms with Gasteiger partial charge in [0.25, 0.3) is 11.2 Å². The van der Waals surface area contributed by atoms with Crippen LogP contribution < -0.4 is 10.9 Å². The minimum atomic E-state index is -0.432. The van der Waals surface area contributed by atoms with Gasteiger partial charge in [-0.3, -0.25) is 14.9 Å². The third-order valence-corrected chi connectivity index (χ3v) is 3.51. The fourth-order valence-electron chi connectivity index (χ4n) is 1.61. The number of thioether (sulfide) groups is 1. The minimum absolute atomic E-state index is 0.0347. The molecule has 0 saturated heterocycles. The van der Waals surface area contributed by atoms with E-state index >= 15 is 0 Å². The van der Waals surface area contributed by atoms with Crippen LogP contribution in [0.2, 0.25) is 0 Å². The second-order valence-electron chi connectivity index (χ2n) is 3.89. The van der Waals surface area contributed by atoms with Crippen LogP contribution in [0.1, 0.15) is 5.56 Å². The molecule has 2 aromatic rings. The van der Waals surface area contributed by atoms with Crippen molar-refractivity contribution in [3.8, 4) is 0 Å². The van der Waals surface area contributed by atoms with Gasteiger partial charge in [-0.2, -0.15) is 0 Å². The summed E-state index contributed by atoms with van der Waals surface area (Å²) >= 11 is 1.36. The number of rotatable bonds is 5. The van der Waals surface area contributed by atoms with E-state index in [1.807, 2.05) is 0 Å². The number of aromatic nitrogens is 2. The summed E-state index contributed by atoms with van der Waals surface area (Å²) in [6.07, 6.45) is 1.44. The number of hydrogen-bond donors (Lipinski definition) is 2. The first-order valence-corrected chi connectivity index (χ1v) is 6.72. The van der Waals surface area contributed by atoms with Gasteiger partial charge in [-0.15, -0.1) is 0 Å². The molecule has 0 atom stereocenters. The Kier molecular flexibility index (Phi) is 4.36. The maximum Gasteiger partial charge on any atom is 0.292 e. The third-order valence-electron chi connectivity index (χ3n) is 2.55. The molecule has 1 aromatic carbocycles. The maximum atomic E-state index is 11.1. The number of anilines is 1. The highest BCUT2D eigenvalue weighted by molar-refractivity contribution is 7.98. The molecule has 7 nitrogen and oxygen atoms in total. The lowest BCUT2D eigenvalue weighted by Crippen LogP contribution is -2.05. The first kappa shape index (κ1) is 14.1.